The molecule has 1 heterocycles. The second kappa shape index (κ2) is 5.71. The lowest BCUT2D eigenvalue weighted by atomic mass is 9.85. The van der Waals surface area contributed by atoms with Gasteiger partial charge < -0.3 is 10.3 Å². The Kier molecular flexibility index (Phi) is 4.18. The van der Waals surface area contributed by atoms with Crippen LogP contribution in [0, 0.1) is 11.2 Å². The van der Waals surface area contributed by atoms with Crippen LogP contribution >= 0.6 is 0 Å². The van der Waals surface area contributed by atoms with Crippen molar-refractivity contribution in [3.63, 3.8) is 0 Å². The van der Waals surface area contributed by atoms with Crippen LogP contribution in [0.2, 0.25) is 0 Å². The smallest absolute Gasteiger partial charge is 0.228 e. The molecule has 1 aromatic heterocycles. The maximum atomic E-state index is 12.8. The number of nitrogens with zero attached hydrogens (tertiary/aromatic N) is 2. The highest BCUT2D eigenvalue weighted by Crippen LogP contribution is 2.20. The van der Waals surface area contributed by atoms with Gasteiger partial charge in [-0.15, -0.1) is 0 Å². The molecular formula is C15H20FN3O. The van der Waals surface area contributed by atoms with Gasteiger partial charge in [-0.1, -0.05) is 38.1 Å². The van der Waals surface area contributed by atoms with Crippen molar-refractivity contribution >= 4 is 0 Å². The average molecular weight is 277 g/mol. The Morgan fingerprint density at radius 3 is 2.50 bits per heavy atom. The van der Waals surface area contributed by atoms with Crippen LogP contribution in [0.3, 0.4) is 0 Å². The Hall–Kier alpha value is -1.75. The third-order valence-electron chi connectivity index (χ3n) is 3.29. The fraction of sp³-hybridized carbons (Fsp3) is 0.467. The predicted molar refractivity (Wildman–Crippen MR) is 74.6 cm³/mol. The predicted octanol–water partition coefficient (Wildman–Crippen LogP) is 2.72. The minimum absolute atomic E-state index is 0.00834. The Balaban J connectivity index is 2.00. The van der Waals surface area contributed by atoms with Crippen molar-refractivity contribution in [3.8, 4) is 0 Å². The van der Waals surface area contributed by atoms with Gasteiger partial charge in [-0.2, -0.15) is 4.98 Å². The summed E-state index contributed by atoms with van der Waals surface area (Å²) in [5.41, 5.74) is 7.03. The average Bonchev–Trinajstić information content (AvgIpc) is 2.78. The molecule has 0 aliphatic rings. The molecule has 0 aliphatic heterocycles. The molecule has 0 fully saturated rings. The van der Waals surface area contributed by atoms with Gasteiger partial charge >= 0.3 is 0 Å². The minimum Gasteiger partial charge on any atom is -0.339 e. The number of nitrogens with two attached hydrogens (primary N) is 1. The summed E-state index contributed by atoms with van der Waals surface area (Å²) in [6.45, 7) is 6.23. The topological polar surface area (TPSA) is 64.9 Å². The molecule has 5 heteroatoms. The van der Waals surface area contributed by atoms with E-state index in [2.05, 4.69) is 30.9 Å². The van der Waals surface area contributed by atoms with Gasteiger partial charge in [0.1, 0.15) is 5.82 Å². The summed E-state index contributed by atoms with van der Waals surface area (Å²) in [6.07, 6.45) is 1.08. The highest BCUT2D eigenvalue weighted by atomic mass is 19.1. The first-order valence-electron chi connectivity index (χ1n) is 6.66. The third kappa shape index (κ3) is 3.87. The molecule has 2 rings (SSSR count). The fourth-order valence-electron chi connectivity index (χ4n) is 1.72. The molecule has 1 unspecified atom stereocenters. The molecule has 0 radical (unpaired) electrons. The minimum atomic E-state index is -0.251. The lowest BCUT2D eigenvalue weighted by molar-refractivity contribution is 0.285. The van der Waals surface area contributed by atoms with Crippen molar-refractivity contribution in [1.29, 1.82) is 0 Å². The number of benzene rings is 1. The Morgan fingerprint density at radius 1 is 1.25 bits per heavy atom. The van der Waals surface area contributed by atoms with Crippen molar-refractivity contribution in [2.24, 2.45) is 11.1 Å². The van der Waals surface area contributed by atoms with Crippen molar-refractivity contribution < 1.29 is 8.91 Å². The molecule has 20 heavy (non-hydrogen) atoms. The van der Waals surface area contributed by atoms with Gasteiger partial charge in [-0.25, -0.2) is 4.39 Å². The highest BCUT2D eigenvalue weighted by Gasteiger charge is 2.23. The zero-order valence-electron chi connectivity index (χ0n) is 12.1. The van der Waals surface area contributed by atoms with Gasteiger partial charge in [0.2, 0.25) is 5.89 Å². The van der Waals surface area contributed by atoms with Crippen LogP contribution in [0.25, 0.3) is 0 Å². The summed E-state index contributed by atoms with van der Waals surface area (Å²) < 4.78 is 18.0. The van der Waals surface area contributed by atoms with Gasteiger partial charge in [0, 0.05) is 18.9 Å². The molecule has 0 aliphatic carbocycles. The number of aromatic nitrogens is 2. The fourth-order valence-corrected chi connectivity index (χ4v) is 1.72. The molecule has 0 saturated carbocycles. The first kappa shape index (κ1) is 14.7. The Bertz CT molecular complexity index is 557. The van der Waals surface area contributed by atoms with Crippen molar-refractivity contribution in [2.75, 3.05) is 0 Å². The maximum absolute atomic E-state index is 12.8. The summed E-state index contributed by atoms with van der Waals surface area (Å²) in [7, 11) is 0. The second-order valence-corrected chi connectivity index (χ2v) is 6.08. The van der Waals surface area contributed by atoms with E-state index in [1.807, 2.05) is 0 Å². The molecule has 0 amide bonds. The quantitative estimate of drug-likeness (QED) is 0.933. The summed E-state index contributed by atoms with van der Waals surface area (Å²) in [5, 5.41) is 3.93. The van der Waals surface area contributed by atoms with Crippen LogP contribution in [0.4, 0.5) is 4.39 Å². The largest absolute Gasteiger partial charge is 0.339 e. The van der Waals surface area contributed by atoms with E-state index in [1.54, 1.807) is 12.1 Å². The van der Waals surface area contributed by atoms with Crippen LogP contribution in [0.5, 0.6) is 0 Å². The van der Waals surface area contributed by atoms with Crippen molar-refractivity contribution in [2.45, 2.75) is 39.7 Å². The lowest BCUT2D eigenvalue weighted by Crippen LogP contribution is -2.37. The van der Waals surface area contributed by atoms with E-state index >= 15 is 0 Å². The molecule has 2 aromatic rings. The van der Waals surface area contributed by atoms with E-state index in [1.165, 1.54) is 12.1 Å². The molecule has 2 N–H and O–H groups in total. The van der Waals surface area contributed by atoms with Crippen LogP contribution in [0.1, 0.15) is 38.0 Å². The Labute approximate surface area is 118 Å². The molecule has 108 valence electrons. The third-order valence-corrected chi connectivity index (χ3v) is 3.29. The SMILES string of the molecule is CC(C)(C)C(N)Cc1nc(Cc2ccc(F)cc2)no1. The van der Waals surface area contributed by atoms with E-state index in [9.17, 15) is 4.39 Å². The molecule has 1 atom stereocenters. The number of halogens is 1. The van der Waals surface area contributed by atoms with E-state index in [-0.39, 0.29) is 17.3 Å². The first-order chi connectivity index (χ1) is 9.34. The highest BCUT2D eigenvalue weighted by molar-refractivity contribution is 5.19. The van der Waals surface area contributed by atoms with Crippen molar-refractivity contribution in [1.82, 2.24) is 10.1 Å². The monoisotopic (exact) mass is 277 g/mol. The van der Waals surface area contributed by atoms with Crippen LogP contribution in [-0.2, 0) is 12.8 Å². The number of hydrogen-bond donors (Lipinski definition) is 1. The molecule has 0 saturated heterocycles. The van der Waals surface area contributed by atoms with Gasteiger partial charge in [0.15, 0.2) is 5.82 Å². The Morgan fingerprint density at radius 2 is 1.90 bits per heavy atom. The van der Waals surface area contributed by atoms with Crippen molar-refractivity contribution in [3.05, 3.63) is 47.4 Å². The van der Waals surface area contributed by atoms with E-state index < -0.39 is 0 Å². The summed E-state index contributed by atoms with van der Waals surface area (Å²) in [6, 6.07) is 6.23. The first-order valence-corrected chi connectivity index (χ1v) is 6.66. The molecule has 4 nitrogen and oxygen atoms in total. The molecule has 0 spiro atoms. The lowest BCUT2D eigenvalue weighted by Gasteiger charge is -2.25. The van der Waals surface area contributed by atoms with Gasteiger partial charge in [-0.05, 0) is 23.1 Å². The molecular weight excluding hydrogens is 257 g/mol. The van der Waals surface area contributed by atoms with E-state index in [4.69, 9.17) is 10.3 Å². The number of hydrogen-bond acceptors (Lipinski definition) is 4. The van der Waals surface area contributed by atoms with Gasteiger partial charge in [-0.3, -0.25) is 0 Å². The maximum Gasteiger partial charge on any atom is 0.228 e. The molecule has 0 bridgehead atoms. The zero-order valence-corrected chi connectivity index (χ0v) is 12.1. The zero-order chi connectivity index (χ0) is 14.8. The van der Waals surface area contributed by atoms with Gasteiger partial charge in [0.25, 0.3) is 0 Å². The summed E-state index contributed by atoms with van der Waals surface area (Å²) in [4.78, 5) is 4.33. The van der Waals surface area contributed by atoms with Crippen LogP contribution in [0.15, 0.2) is 28.8 Å². The normalized spacial score (nSPS) is 13.4. The van der Waals surface area contributed by atoms with E-state index in [0.717, 1.165) is 5.56 Å². The molecule has 1 aromatic carbocycles. The van der Waals surface area contributed by atoms with Crippen LogP contribution in [-0.4, -0.2) is 16.2 Å². The van der Waals surface area contributed by atoms with E-state index in [0.29, 0.717) is 24.6 Å². The summed E-state index contributed by atoms with van der Waals surface area (Å²) >= 11 is 0. The summed E-state index contributed by atoms with van der Waals surface area (Å²) in [5.74, 6) is 0.885. The second-order valence-electron chi connectivity index (χ2n) is 6.08. The standard InChI is InChI=1S/C15H20FN3O/c1-15(2,3)12(17)9-14-18-13(19-20-14)8-10-4-6-11(16)7-5-10/h4-7,12H,8-9,17H2,1-3H3. The number of rotatable bonds is 4. The van der Waals surface area contributed by atoms with Gasteiger partial charge in [0.05, 0.1) is 0 Å². The van der Waals surface area contributed by atoms with Crippen LogP contribution < -0.4 is 5.73 Å².